The van der Waals surface area contributed by atoms with Crippen LogP contribution >= 0.6 is 11.3 Å². The molecule has 14 heavy (non-hydrogen) atoms. The maximum absolute atomic E-state index is 13.2. The molecule has 0 radical (unpaired) electrons. The van der Waals surface area contributed by atoms with Crippen LogP contribution in [0.5, 0.6) is 0 Å². The highest BCUT2D eigenvalue weighted by Gasteiger charge is 2.12. The summed E-state index contributed by atoms with van der Waals surface area (Å²) in [6, 6.07) is 2.07. The van der Waals surface area contributed by atoms with E-state index in [1.54, 1.807) is 6.92 Å². The lowest BCUT2D eigenvalue weighted by Gasteiger charge is -1.93. The lowest BCUT2D eigenvalue weighted by Crippen LogP contribution is -1.80. The van der Waals surface area contributed by atoms with Crippen molar-refractivity contribution in [2.75, 3.05) is 0 Å². The lowest BCUT2D eigenvalue weighted by atomic mass is 10.1. The first-order valence-corrected chi connectivity index (χ1v) is 4.78. The average Bonchev–Trinajstić information content (AvgIpc) is 2.44. The molecule has 0 aliphatic heterocycles. The molecule has 0 unspecified atom stereocenters. The van der Waals surface area contributed by atoms with E-state index < -0.39 is 11.6 Å². The Morgan fingerprint density at radius 3 is 2.71 bits per heavy atom. The van der Waals surface area contributed by atoms with Crippen molar-refractivity contribution in [3.63, 3.8) is 0 Å². The molecule has 0 aliphatic carbocycles. The lowest BCUT2D eigenvalue weighted by molar-refractivity contribution is 0.112. The second-order valence-electron chi connectivity index (χ2n) is 2.97. The molecule has 1 aromatic carbocycles. The highest BCUT2D eigenvalue weighted by Crippen LogP contribution is 2.32. The topological polar surface area (TPSA) is 17.1 Å². The summed E-state index contributed by atoms with van der Waals surface area (Å²) < 4.78 is 26.4. The summed E-state index contributed by atoms with van der Waals surface area (Å²) in [5.74, 6) is -1.23. The van der Waals surface area contributed by atoms with E-state index in [-0.39, 0.29) is 0 Å². The molecule has 72 valence electrons. The number of carbonyl (C=O) groups is 1. The van der Waals surface area contributed by atoms with Gasteiger partial charge in [0.15, 0.2) is 6.29 Å². The molecule has 0 fully saturated rings. The first kappa shape index (κ1) is 9.27. The Balaban J connectivity index is 2.91. The van der Waals surface area contributed by atoms with Crippen molar-refractivity contribution < 1.29 is 13.6 Å². The van der Waals surface area contributed by atoms with Gasteiger partial charge in [0.1, 0.15) is 11.6 Å². The Bertz CT molecular complexity index is 516. The summed E-state index contributed by atoms with van der Waals surface area (Å²) in [7, 11) is 0. The van der Waals surface area contributed by atoms with Gasteiger partial charge in [-0.25, -0.2) is 8.78 Å². The van der Waals surface area contributed by atoms with Crippen LogP contribution in [0.25, 0.3) is 10.1 Å². The SMILES string of the molecule is Cc1c(C=O)sc2c(F)cc(F)cc12. The van der Waals surface area contributed by atoms with Crippen LogP contribution in [0.3, 0.4) is 0 Å². The molecule has 2 rings (SSSR count). The quantitative estimate of drug-likeness (QED) is 0.663. The number of aldehydes is 1. The van der Waals surface area contributed by atoms with Crippen LogP contribution in [0.15, 0.2) is 12.1 Å². The smallest absolute Gasteiger partial charge is 0.160 e. The molecule has 0 saturated carbocycles. The molecule has 0 spiro atoms. The molecule has 0 aliphatic rings. The Morgan fingerprint density at radius 1 is 1.36 bits per heavy atom. The van der Waals surface area contributed by atoms with Gasteiger partial charge in [-0.15, -0.1) is 11.3 Å². The second-order valence-corrected chi connectivity index (χ2v) is 4.03. The fourth-order valence-electron chi connectivity index (χ4n) is 1.37. The number of rotatable bonds is 1. The van der Waals surface area contributed by atoms with Crippen LogP contribution < -0.4 is 0 Å². The van der Waals surface area contributed by atoms with Crippen molar-refractivity contribution in [1.82, 2.24) is 0 Å². The van der Waals surface area contributed by atoms with E-state index in [4.69, 9.17) is 0 Å². The molecule has 0 N–H and O–H groups in total. The standard InChI is InChI=1S/C10H6F2OS/c1-5-7-2-6(11)3-8(12)10(7)14-9(5)4-13/h2-4H,1H3. The van der Waals surface area contributed by atoms with Crippen molar-refractivity contribution in [2.45, 2.75) is 6.92 Å². The van der Waals surface area contributed by atoms with Gasteiger partial charge in [0.25, 0.3) is 0 Å². The number of hydrogen-bond donors (Lipinski definition) is 0. The third-order valence-electron chi connectivity index (χ3n) is 2.10. The maximum atomic E-state index is 13.2. The van der Waals surface area contributed by atoms with E-state index in [0.717, 1.165) is 17.4 Å². The van der Waals surface area contributed by atoms with Crippen molar-refractivity contribution >= 4 is 27.7 Å². The van der Waals surface area contributed by atoms with Gasteiger partial charge in [0, 0.05) is 11.5 Å². The summed E-state index contributed by atoms with van der Waals surface area (Å²) in [4.78, 5) is 11.0. The summed E-state index contributed by atoms with van der Waals surface area (Å²) in [5.41, 5.74) is 0.637. The molecule has 1 heterocycles. The van der Waals surface area contributed by atoms with Crippen molar-refractivity contribution in [3.8, 4) is 0 Å². The zero-order valence-electron chi connectivity index (χ0n) is 7.30. The van der Waals surface area contributed by atoms with E-state index in [9.17, 15) is 13.6 Å². The van der Waals surface area contributed by atoms with Crippen LogP contribution in [0.2, 0.25) is 0 Å². The van der Waals surface area contributed by atoms with Crippen LogP contribution in [-0.4, -0.2) is 6.29 Å². The van der Waals surface area contributed by atoms with Gasteiger partial charge in [-0.1, -0.05) is 0 Å². The maximum Gasteiger partial charge on any atom is 0.160 e. The molecular weight excluding hydrogens is 206 g/mol. The van der Waals surface area contributed by atoms with Crippen LogP contribution in [0, 0.1) is 18.6 Å². The monoisotopic (exact) mass is 212 g/mol. The number of halogens is 2. The van der Waals surface area contributed by atoms with Gasteiger partial charge in [-0.05, 0) is 18.6 Å². The minimum atomic E-state index is -0.617. The molecule has 0 amide bonds. The summed E-state index contributed by atoms with van der Waals surface area (Å²) >= 11 is 1.05. The molecular formula is C10H6F2OS. The molecule has 1 aromatic heterocycles. The van der Waals surface area contributed by atoms with E-state index in [1.165, 1.54) is 6.07 Å². The van der Waals surface area contributed by atoms with Crippen LogP contribution in [0.1, 0.15) is 15.2 Å². The molecule has 0 atom stereocenters. The number of fused-ring (bicyclic) bond motifs is 1. The van der Waals surface area contributed by atoms with Gasteiger partial charge in [0.2, 0.25) is 0 Å². The van der Waals surface area contributed by atoms with E-state index in [0.29, 0.717) is 26.8 Å². The molecule has 1 nitrogen and oxygen atoms in total. The predicted molar refractivity (Wildman–Crippen MR) is 51.9 cm³/mol. The minimum Gasteiger partial charge on any atom is -0.297 e. The minimum absolute atomic E-state index is 0.339. The Morgan fingerprint density at radius 2 is 2.07 bits per heavy atom. The molecule has 0 bridgehead atoms. The van der Waals surface area contributed by atoms with E-state index >= 15 is 0 Å². The zero-order valence-corrected chi connectivity index (χ0v) is 8.12. The Hall–Kier alpha value is -1.29. The fraction of sp³-hybridized carbons (Fsp3) is 0.100. The zero-order chi connectivity index (χ0) is 10.3. The average molecular weight is 212 g/mol. The number of carbonyl (C=O) groups excluding carboxylic acids is 1. The van der Waals surface area contributed by atoms with Crippen LogP contribution in [0.4, 0.5) is 8.78 Å². The van der Waals surface area contributed by atoms with Gasteiger partial charge in [-0.3, -0.25) is 4.79 Å². The van der Waals surface area contributed by atoms with Crippen molar-refractivity contribution in [2.24, 2.45) is 0 Å². The van der Waals surface area contributed by atoms with Gasteiger partial charge >= 0.3 is 0 Å². The second kappa shape index (κ2) is 3.13. The number of benzene rings is 1. The summed E-state index contributed by atoms with van der Waals surface area (Å²) in [5, 5.41) is 0.481. The fourth-order valence-corrected chi connectivity index (χ4v) is 2.38. The normalized spacial score (nSPS) is 10.8. The third-order valence-corrected chi connectivity index (χ3v) is 3.34. The van der Waals surface area contributed by atoms with Crippen molar-refractivity contribution in [1.29, 1.82) is 0 Å². The summed E-state index contributed by atoms with van der Waals surface area (Å²) in [6.07, 6.45) is 0.664. The number of aryl methyl sites for hydroxylation is 1. The van der Waals surface area contributed by atoms with E-state index in [2.05, 4.69) is 0 Å². The molecule has 4 heteroatoms. The largest absolute Gasteiger partial charge is 0.297 e. The van der Waals surface area contributed by atoms with Gasteiger partial charge in [-0.2, -0.15) is 0 Å². The van der Waals surface area contributed by atoms with Gasteiger partial charge in [0.05, 0.1) is 9.58 Å². The predicted octanol–water partition coefficient (Wildman–Crippen LogP) is 3.30. The van der Waals surface area contributed by atoms with Gasteiger partial charge < -0.3 is 0 Å². The third kappa shape index (κ3) is 1.23. The first-order chi connectivity index (χ1) is 6.63. The Kier molecular flexibility index (Phi) is 2.07. The van der Waals surface area contributed by atoms with Crippen molar-refractivity contribution in [3.05, 3.63) is 34.2 Å². The van der Waals surface area contributed by atoms with E-state index in [1.807, 2.05) is 0 Å². The first-order valence-electron chi connectivity index (χ1n) is 3.97. The molecule has 2 aromatic rings. The number of thiophene rings is 1. The highest BCUT2D eigenvalue weighted by atomic mass is 32.1. The summed E-state index contributed by atoms with van der Waals surface area (Å²) in [6.45, 7) is 1.68. The Labute approximate surface area is 83.0 Å². The van der Waals surface area contributed by atoms with Crippen LogP contribution in [-0.2, 0) is 0 Å². The number of hydrogen-bond acceptors (Lipinski definition) is 2. The molecule has 0 saturated heterocycles. The highest BCUT2D eigenvalue weighted by molar-refractivity contribution is 7.20.